The smallest absolute Gasteiger partial charge is 0.231 e. The number of carbonyl (C=O) groups excluding carboxylic acids is 1. The van der Waals surface area contributed by atoms with Crippen LogP contribution in [0.3, 0.4) is 0 Å². The third-order valence-corrected chi connectivity index (χ3v) is 3.22. The SMILES string of the molecule is C[C@H]1OCC[C@H]1C(=O)Nc1cc(N(C)C)ccn1. The normalized spacial score (nSPS) is 22.8. The standard InChI is InChI=1S/C13H19N3O2/c1-9-11(5-7-18-9)13(17)15-12-8-10(16(2)3)4-6-14-12/h4,6,8-9,11H,5,7H2,1-3H3,(H,14,15,17)/t9-,11-/m1/s1. The van der Waals surface area contributed by atoms with Gasteiger partial charge in [0.05, 0.1) is 12.0 Å². The van der Waals surface area contributed by atoms with Crippen molar-refractivity contribution in [1.82, 2.24) is 4.98 Å². The van der Waals surface area contributed by atoms with Crippen LogP contribution in [-0.4, -0.2) is 37.7 Å². The number of nitrogens with one attached hydrogen (secondary N) is 1. The summed E-state index contributed by atoms with van der Waals surface area (Å²) in [5.74, 6) is 0.503. The second-order valence-corrected chi connectivity index (χ2v) is 4.75. The lowest BCUT2D eigenvalue weighted by atomic mass is 10.0. The number of rotatable bonds is 3. The van der Waals surface area contributed by atoms with E-state index in [9.17, 15) is 4.79 Å². The molecule has 5 heteroatoms. The Hall–Kier alpha value is -1.62. The molecule has 1 saturated heterocycles. The highest BCUT2D eigenvalue weighted by molar-refractivity contribution is 5.92. The van der Waals surface area contributed by atoms with E-state index in [4.69, 9.17) is 4.74 Å². The molecule has 0 aromatic carbocycles. The van der Waals surface area contributed by atoms with Gasteiger partial charge < -0.3 is 15.0 Å². The molecule has 0 bridgehead atoms. The summed E-state index contributed by atoms with van der Waals surface area (Å²) in [5, 5.41) is 2.85. The molecule has 2 heterocycles. The maximum Gasteiger partial charge on any atom is 0.231 e. The minimum atomic E-state index is -0.0742. The van der Waals surface area contributed by atoms with E-state index in [0.717, 1.165) is 12.1 Å². The highest BCUT2D eigenvalue weighted by Gasteiger charge is 2.30. The van der Waals surface area contributed by atoms with Crippen molar-refractivity contribution in [3.63, 3.8) is 0 Å². The fourth-order valence-corrected chi connectivity index (χ4v) is 2.06. The first-order valence-corrected chi connectivity index (χ1v) is 6.14. The molecule has 5 nitrogen and oxygen atoms in total. The van der Waals surface area contributed by atoms with Crippen molar-refractivity contribution in [2.45, 2.75) is 19.4 Å². The lowest BCUT2D eigenvalue weighted by molar-refractivity contribution is -0.121. The molecule has 1 aliphatic heterocycles. The van der Waals surface area contributed by atoms with Crippen molar-refractivity contribution in [2.75, 3.05) is 30.9 Å². The number of pyridine rings is 1. The quantitative estimate of drug-likeness (QED) is 0.882. The molecule has 0 radical (unpaired) electrons. The Kier molecular flexibility index (Phi) is 3.81. The summed E-state index contributed by atoms with van der Waals surface area (Å²) in [6, 6.07) is 3.76. The summed E-state index contributed by atoms with van der Waals surface area (Å²) >= 11 is 0. The molecule has 1 fully saturated rings. The number of hydrogen-bond donors (Lipinski definition) is 1. The first-order chi connectivity index (χ1) is 8.58. The topological polar surface area (TPSA) is 54.5 Å². The van der Waals surface area contributed by atoms with Crippen LogP contribution in [0.1, 0.15) is 13.3 Å². The van der Waals surface area contributed by atoms with E-state index in [2.05, 4.69) is 10.3 Å². The van der Waals surface area contributed by atoms with Crippen LogP contribution in [0.5, 0.6) is 0 Å². The molecule has 0 saturated carbocycles. The van der Waals surface area contributed by atoms with E-state index in [1.165, 1.54) is 0 Å². The lowest BCUT2D eigenvalue weighted by Crippen LogP contribution is -2.28. The summed E-state index contributed by atoms with van der Waals surface area (Å²) in [6.07, 6.45) is 2.46. The van der Waals surface area contributed by atoms with Crippen molar-refractivity contribution in [3.8, 4) is 0 Å². The van der Waals surface area contributed by atoms with E-state index < -0.39 is 0 Å². The number of hydrogen-bond acceptors (Lipinski definition) is 4. The summed E-state index contributed by atoms with van der Waals surface area (Å²) in [5.41, 5.74) is 1.01. The highest BCUT2D eigenvalue weighted by Crippen LogP contribution is 2.22. The maximum atomic E-state index is 12.1. The van der Waals surface area contributed by atoms with Gasteiger partial charge in [-0.2, -0.15) is 0 Å². The molecule has 1 amide bonds. The molecule has 2 rings (SSSR count). The Morgan fingerprint density at radius 1 is 1.56 bits per heavy atom. The summed E-state index contributed by atoms with van der Waals surface area (Å²) in [7, 11) is 3.90. The number of nitrogens with zero attached hydrogens (tertiary/aromatic N) is 2. The van der Waals surface area contributed by atoms with Crippen molar-refractivity contribution in [3.05, 3.63) is 18.3 Å². The average Bonchev–Trinajstić information content (AvgIpc) is 2.76. The van der Waals surface area contributed by atoms with Gasteiger partial charge in [0.15, 0.2) is 0 Å². The third-order valence-electron chi connectivity index (χ3n) is 3.22. The van der Waals surface area contributed by atoms with Gasteiger partial charge in [-0.1, -0.05) is 0 Å². The molecule has 1 aliphatic rings. The third kappa shape index (κ3) is 2.79. The Labute approximate surface area is 107 Å². The number of anilines is 2. The van der Waals surface area contributed by atoms with Crippen LogP contribution in [0.15, 0.2) is 18.3 Å². The van der Waals surface area contributed by atoms with Gasteiger partial charge in [-0.05, 0) is 19.4 Å². The van der Waals surface area contributed by atoms with Gasteiger partial charge in [0.1, 0.15) is 5.82 Å². The second-order valence-electron chi connectivity index (χ2n) is 4.75. The molecular formula is C13H19N3O2. The van der Waals surface area contributed by atoms with Crippen molar-refractivity contribution in [2.24, 2.45) is 5.92 Å². The van der Waals surface area contributed by atoms with E-state index in [1.807, 2.05) is 38.1 Å². The lowest BCUT2D eigenvalue weighted by Gasteiger charge is -2.16. The molecule has 98 valence electrons. The minimum Gasteiger partial charge on any atom is -0.378 e. The number of amides is 1. The minimum absolute atomic E-state index is 0.0107. The molecule has 1 aromatic heterocycles. The van der Waals surface area contributed by atoms with Crippen molar-refractivity contribution < 1.29 is 9.53 Å². The number of ether oxygens (including phenoxy) is 1. The largest absolute Gasteiger partial charge is 0.378 e. The molecule has 1 N–H and O–H groups in total. The van der Waals surface area contributed by atoms with Crippen LogP contribution in [0, 0.1) is 5.92 Å². The first kappa shape index (κ1) is 12.8. The predicted molar refractivity (Wildman–Crippen MR) is 70.7 cm³/mol. The zero-order valence-corrected chi connectivity index (χ0v) is 11.0. The van der Waals surface area contributed by atoms with Gasteiger partial charge in [0.2, 0.25) is 5.91 Å². The van der Waals surface area contributed by atoms with Crippen molar-refractivity contribution >= 4 is 17.4 Å². The Balaban J connectivity index is 2.04. The Morgan fingerprint density at radius 2 is 2.33 bits per heavy atom. The number of aromatic nitrogens is 1. The average molecular weight is 249 g/mol. The Bertz CT molecular complexity index is 434. The predicted octanol–water partition coefficient (Wildman–Crippen LogP) is 1.51. The molecule has 0 unspecified atom stereocenters. The summed E-state index contributed by atoms with van der Waals surface area (Å²) < 4.78 is 5.40. The molecule has 1 aromatic rings. The van der Waals surface area contributed by atoms with Gasteiger partial charge in [-0.3, -0.25) is 4.79 Å². The van der Waals surface area contributed by atoms with Gasteiger partial charge in [-0.25, -0.2) is 4.98 Å². The van der Waals surface area contributed by atoms with E-state index in [1.54, 1.807) is 6.20 Å². The van der Waals surface area contributed by atoms with Gasteiger partial charge in [0.25, 0.3) is 0 Å². The first-order valence-electron chi connectivity index (χ1n) is 6.14. The van der Waals surface area contributed by atoms with E-state index in [-0.39, 0.29) is 17.9 Å². The van der Waals surface area contributed by atoms with Crippen LogP contribution in [0.2, 0.25) is 0 Å². The Morgan fingerprint density at radius 3 is 2.94 bits per heavy atom. The monoisotopic (exact) mass is 249 g/mol. The van der Waals surface area contributed by atoms with E-state index >= 15 is 0 Å². The van der Waals surface area contributed by atoms with E-state index in [0.29, 0.717) is 12.4 Å². The summed E-state index contributed by atoms with van der Waals surface area (Å²) in [6.45, 7) is 2.59. The molecule has 2 atom stereocenters. The second kappa shape index (κ2) is 5.35. The van der Waals surface area contributed by atoms with Gasteiger partial charge in [-0.15, -0.1) is 0 Å². The van der Waals surface area contributed by atoms with Crippen LogP contribution >= 0.6 is 0 Å². The van der Waals surface area contributed by atoms with Crippen LogP contribution < -0.4 is 10.2 Å². The van der Waals surface area contributed by atoms with Crippen LogP contribution in [-0.2, 0) is 9.53 Å². The molecule has 18 heavy (non-hydrogen) atoms. The zero-order chi connectivity index (χ0) is 13.1. The molecule has 0 spiro atoms. The van der Waals surface area contributed by atoms with Gasteiger partial charge in [0, 0.05) is 38.7 Å². The fourth-order valence-electron chi connectivity index (χ4n) is 2.06. The molecule has 0 aliphatic carbocycles. The maximum absolute atomic E-state index is 12.1. The van der Waals surface area contributed by atoms with Crippen LogP contribution in [0.4, 0.5) is 11.5 Å². The summed E-state index contributed by atoms with van der Waals surface area (Å²) in [4.78, 5) is 18.2. The van der Waals surface area contributed by atoms with Crippen LogP contribution in [0.25, 0.3) is 0 Å². The number of carbonyl (C=O) groups is 1. The van der Waals surface area contributed by atoms with Gasteiger partial charge >= 0.3 is 0 Å². The highest BCUT2D eigenvalue weighted by atomic mass is 16.5. The zero-order valence-electron chi connectivity index (χ0n) is 11.0. The van der Waals surface area contributed by atoms with Crippen molar-refractivity contribution in [1.29, 1.82) is 0 Å². The fraction of sp³-hybridized carbons (Fsp3) is 0.538. The molecular weight excluding hydrogens is 230 g/mol.